The molecule has 0 saturated carbocycles. The monoisotopic (exact) mass is 337 g/mol. The molecular weight excluding hydrogens is 321 g/mol. The quantitative estimate of drug-likeness (QED) is 0.511. The normalized spacial score (nSPS) is 22.6. The Morgan fingerprint density at radius 3 is 1.78 bits per heavy atom. The second-order valence-electron chi connectivity index (χ2n) is 6.61. The van der Waals surface area contributed by atoms with Crippen LogP contribution in [0.15, 0.2) is 0 Å². The van der Waals surface area contributed by atoms with E-state index in [0.29, 0.717) is 0 Å². The van der Waals surface area contributed by atoms with Gasteiger partial charge in [0.2, 0.25) is 5.82 Å². The molecular formula is C15H16F5NO2. The van der Waals surface area contributed by atoms with Crippen molar-refractivity contribution in [2.75, 3.05) is 13.1 Å². The van der Waals surface area contributed by atoms with E-state index in [1.165, 1.54) is 0 Å². The summed E-state index contributed by atoms with van der Waals surface area (Å²) < 4.78 is 67.9. The Labute approximate surface area is 129 Å². The topological polar surface area (TPSA) is 40.5 Å². The predicted octanol–water partition coefficient (Wildman–Crippen LogP) is 3.28. The second-order valence-corrected chi connectivity index (χ2v) is 6.61. The molecule has 1 aromatic rings. The maximum Gasteiger partial charge on any atom is 0.308 e. The molecule has 0 radical (unpaired) electrons. The van der Waals surface area contributed by atoms with Gasteiger partial charge in [0, 0.05) is 30.1 Å². The number of carboxylic acids is 1. The lowest BCUT2D eigenvalue weighted by Crippen LogP contribution is -2.40. The van der Waals surface area contributed by atoms with E-state index in [0.717, 1.165) is 0 Å². The summed E-state index contributed by atoms with van der Waals surface area (Å²) in [4.78, 5) is 13.0. The molecule has 1 aromatic carbocycles. The van der Waals surface area contributed by atoms with E-state index >= 15 is 0 Å². The van der Waals surface area contributed by atoms with E-state index < -0.39 is 58.0 Å². The molecule has 1 fully saturated rings. The van der Waals surface area contributed by atoms with Crippen LogP contribution in [0.4, 0.5) is 22.0 Å². The fourth-order valence-electron chi connectivity index (χ4n) is 2.84. The third-order valence-corrected chi connectivity index (χ3v) is 4.20. The molecule has 0 spiro atoms. The molecule has 0 amide bonds. The fourth-order valence-corrected chi connectivity index (χ4v) is 2.84. The van der Waals surface area contributed by atoms with Gasteiger partial charge in [0.15, 0.2) is 23.3 Å². The zero-order chi connectivity index (χ0) is 17.7. The van der Waals surface area contributed by atoms with E-state index in [1.54, 1.807) is 25.7 Å². The number of aliphatic carboxylic acids is 1. The summed E-state index contributed by atoms with van der Waals surface area (Å²) in [5, 5.41) is 9.27. The summed E-state index contributed by atoms with van der Waals surface area (Å²) in [7, 11) is 0. The standard InChI is InChI=1S/C15H16F5NO2/c1-15(2,3)21-4-6(7(5-21)14(22)23)8-9(16)11(18)13(20)12(19)10(8)17/h6-7H,4-5H2,1-3H3,(H,22,23)/t6-,7-/m0/s1. The fraction of sp³-hybridized carbons (Fsp3) is 0.533. The first-order chi connectivity index (χ1) is 10.5. The number of nitrogens with zero attached hydrogens (tertiary/aromatic N) is 1. The van der Waals surface area contributed by atoms with Crippen molar-refractivity contribution in [3.63, 3.8) is 0 Å². The number of carbonyl (C=O) groups is 1. The minimum atomic E-state index is -2.25. The first-order valence-corrected chi connectivity index (χ1v) is 6.96. The largest absolute Gasteiger partial charge is 0.481 e. The average molecular weight is 337 g/mol. The van der Waals surface area contributed by atoms with Crippen LogP contribution in [0.3, 0.4) is 0 Å². The Morgan fingerprint density at radius 2 is 1.39 bits per heavy atom. The van der Waals surface area contributed by atoms with Crippen LogP contribution in [0.5, 0.6) is 0 Å². The first-order valence-electron chi connectivity index (χ1n) is 6.96. The molecule has 1 aliphatic rings. The number of halogens is 5. The first kappa shape index (κ1) is 17.7. The van der Waals surface area contributed by atoms with Crippen molar-refractivity contribution >= 4 is 5.97 Å². The number of benzene rings is 1. The van der Waals surface area contributed by atoms with Crippen LogP contribution in [0.2, 0.25) is 0 Å². The summed E-state index contributed by atoms with van der Waals surface area (Å²) >= 11 is 0. The number of hydrogen-bond acceptors (Lipinski definition) is 2. The third kappa shape index (κ3) is 2.91. The third-order valence-electron chi connectivity index (χ3n) is 4.20. The van der Waals surface area contributed by atoms with Gasteiger partial charge in [0.25, 0.3) is 0 Å². The van der Waals surface area contributed by atoms with E-state index in [9.17, 15) is 31.9 Å². The van der Waals surface area contributed by atoms with E-state index in [1.807, 2.05) is 0 Å². The molecule has 1 saturated heterocycles. The Bertz CT molecular complexity index is 627. The van der Waals surface area contributed by atoms with Gasteiger partial charge in [-0.05, 0) is 20.8 Å². The minimum Gasteiger partial charge on any atom is -0.481 e. The summed E-state index contributed by atoms with van der Waals surface area (Å²) in [5.41, 5.74) is -1.56. The van der Waals surface area contributed by atoms with Gasteiger partial charge in [-0.1, -0.05) is 0 Å². The molecule has 23 heavy (non-hydrogen) atoms. The van der Waals surface area contributed by atoms with E-state index in [-0.39, 0.29) is 13.1 Å². The van der Waals surface area contributed by atoms with Gasteiger partial charge in [0.1, 0.15) is 0 Å². The molecule has 3 nitrogen and oxygen atoms in total. The predicted molar refractivity (Wildman–Crippen MR) is 71.4 cm³/mol. The van der Waals surface area contributed by atoms with Crippen molar-refractivity contribution in [1.29, 1.82) is 0 Å². The van der Waals surface area contributed by atoms with Crippen LogP contribution in [-0.2, 0) is 4.79 Å². The van der Waals surface area contributed by atoms with Crippen LogP contribution in [0.1, 0.15) is 32.3 Å². The lowest BCUT2D eigenvalue weighted by atomic mass is 9.88. The average Bonchev–Trinajstić information content (AvgIpc) is 2.88. The van der Waals surface area contributed by atoms with Crippen LogP contribution in [0.25, 0.3) is 0 Å². The zero-order valence-electron chi connectivity index (χ0n) is 12.8. The maximum absolute atomic E-state index is 14.0. The van der Waals surface area contributed by atoms with Crippen LogP contribution >= 0.6 is 0 Å². The van der Waals surface area contributed by atoms with Crippen molar-refractivity contribution in [3.8, 4) is 0 Å². The van der Waals surface area contributed by atoms with Gasteiger partial charge >= 0.3 is 5.97 Å². The molecule has 1 N–H and O–H groups in total. The van der Waals surface area contributed by atoms with Crippen LogP contribution in [-0.4, -0.2) is 34.6 Å². The van der Waals surface area contributed by atoms with Crippen molar-refractivity contribution in [3.05, 3.63) is 34.6 Å². The zero-order valence-corrected chi connectivity index (χ0v) is 12.8. The molecule has 128 valence electrons. The number of likely N-dealkylation sites (tertiary alicyclic amines) is 1. The summed E-state index contributed by atoms with van der Waals surface area (Å²) in [6.45, 7) is 5.16. The highest BCUT2D eigenvalue weighted by molar-refractivity contribution is 5.72. The SMILES string of the molecule is CC(C)(C)N1C[C@H](C(=O)O)[C@@H](c2c(F)c(F)c(F)c(F)c2F)C1. The highest BCUT2D eigenvalue weighted by Crippen LogP contribution is 2.40. The summed E-state index contributed by atoms with van der Waals surface area (Å²) in [6, 6.07) is 0. The number of rotatable bonds is 2. The van der Waals surface area contributed by atoms with Crippen LogP contribution < -0.4 is 0 Å². The molecule has 8 heteroatoms. The van der Waals surface area contributed by atoms with E-state index in [2.05, 4.69) is 0 Å². The lowest BCUT2D eigenvalue weighted by molar-refractivity contribution is -0.141. The van der Waals surface area contributed by atoms with Gasteiger partial charge in [-0.3, -0.25) is 9.69 Å². The van der Waals surface area contributed by atoms with Crippen molar-refractivity contribution < 1.29 is 31.9 Å². The smallest absolute Gasteiger partial charge is 0.308 e. The second kappa shape index (κ2) is 5.74. The molecule has 0 aromatic heterocycles. The van der Waals surface area contributed by atoms with Gasteiger partial charge < -0.3 is 5.11 Å². The Kier molecular flexibility index (Phi) is 4.40. The minimum absolute atomic E-state index is 0.0387. The Balaban J connectivity index is 2.58. The van der Waals surface area contributed by atoms with Crippen molar-refractivity contribution in [1.82, 2.24) is 4.90 Å². The Morgan fingerprint density at radius 1 is 0.957 bits per heavy atom. The van der Waals surface area contributed by atoms with Crippen molar-refractivity contribution in [2.45, 2.75) is 32.2 Å². The molecule has 0 unspecified atom stereocenters. The molecule has 0 aliphatic carbocycles. The number of carboxylic acid groups (broad SMARTS) is 1. The van der Waals surface area contributed by atoms with E-state index in [4.69, 9.17) is 0 Å². The molecule has 2 atom stereocenters. The highest BCUT2D eigenvalue weighted by atomic mass is 19.2. The molecule has 1 heterocycles. The molecule has 0 bridgehead atoms. The van der Waals surface area contributed by atoms with Gasteiger partial charge in [0.05, 0.1) is 5.92 Å². The summed E-state index contributed by atoms with van der Waals surface area (Å²) in [6.07, 6.45) is 0. The molecule has 1 aliphatic heterocycles. The number of hydrogen-bond donors (Lipinski definition) is 1. The van der Waals surface area contributed by atoms with Gasteiger partial charge in [-0.15, -0.1) is 0 Å². The van der Waals surface area contributed by atoms with Crippen molar-refractivity contribution in [2.24, 2.45) is 5.92 Å². The maximum atomic E-state index is 14.0. The highest BCUT2D eigenvalue weighted by Gasteiger charge is 2.45. The molecule has 2 rings (SSSR count). The lowest BCUT2D eigenvalue weighted by Gasteiger charge is -2.31. The summed E-state index contributed by atoms with van der Waals surface area (Å²) in [5.74, 6) is -14.2. The van der Waals surface area contributed by atoms with Crippen LogP contribution in [0, 0.1) is 35.0 Å². The van der Waals surface area contributed by atoms with Gasteiger partial charge in [-0.25, -0.2) is 22.0 Å². The van der Waals surface area contributed by atoms with Gasteiger partial charge in [-0.2, -0.15) is 0 Å². The Hall–Kier alpha value is -1.70.